The SMILES string of the molecule is CC(C)N(c1ccccc1)S(=O)(=O)c1ccc2cccc(NC(=O)c3ccccc3)c2c1. The smallest absolute Gasteiger partial charge is 0.264 e. The highest BCUT2D eigenvalue weighted by atomic mass is 32.2. The van der Waals surface area contributed by atoms with Gasteiger partial charge in [-0.1, -0.05) is 54.6 Å². The Morgan fingerprint density at radius 1 is 0.812 bits per heavy atom. The van der Waals surface area contributed by atoms with Crippen LogP contribution in [0.3, 0.4) is 0 Å². The lowest BCUT2D eigenvalue weighted by Crippen LogP contribution is -2.37. The fourth-order valence-electron chi connectivity index (χ4n) is 3.71. The molecule has 0 aromatic heterocycles. The van der Waals surface area contributed by atoms with Gasteiger partial charge in [0.2, 0.25) is 0 Å². The monoisotopic (exact) mass is 444 g/mol. The number of para-hydroxylation sites is 1. The second-order valence-corrected chi connectivity index (χ2v) is 9.55. The van der Waals surface area contributed by atoms with Gasteiger partial charge in [0.15, 0.2) is 0 Å². The molecule has 32 heavy (non-hydrogen) atoms. The van der Waals surface area contributed by atoms with Crippen molar-refractivity contribution in [2.45, 2.75) is 24.8 Å². The minimum absolute atomic E-state index is 0.170. The second kappa shape index (κ2) is 8.85. The van der Waals surface area contributed by atoms with E-state index in [0.717, 1.165) is 5.39 Å². The lowest BCUT2D eigenvalue weighted by atomic mass is 10.1. The minimum atomic E-state index is -3.82. The number of carbonyl (C=O) groups is 1. The van der Waals surface area contributed by atoms with Crippen LogP contribution in [0.5, 0.6) is 0 Å². The molecule has 0 atom stereocenters. The third-order valence-corrected chi connectivity index (χ3v) is 7.17. The quantitative estimate of drug-likeness (QED) is 0.415. The molecule has 0 heterocycles. The summed E-state index contributed by atoms with van der Waals surface area (Å²) < 4.78 is 28.6. The fraction of sp³-hybridized carbons (Fsp3) is 0.115. The number of anilines is 2. The molecule has 1 N–H and O–H groups in total. The van der Waals surface area contributed by atoms with Gasteiger partial charge in [-0.2, -0.15) is 0 Å². The van der Waals surface area contributed by atoms with Crippen LogP contribution in [0.2, 0.25) is 0 Å². The Hall–Kier alpha value is -3.64. The van der Waals surface area contributed by atoms with Crippen molar-refractivity contribution in [3.05, 3.63) is 103 Å². The van der Waals surface area contributed by atoms with Gasteiger partial charge in [-0.3, -0.25) is 9.10 Å². The van der Waals surface area contributed by atoms with Gasteiger partial charge < -0.3 is 5.32 Å². The molecule has 0 fully saturated rings. The summed E-state index contributed by atoms with van der Waals surface area (Å²) in [5, 5.41) is 4.42. The molecular formula is C26H24N2O3S. The average Bonchev–Trinajstić information content (AvgIpc) is 2.80. The van der Waals surface area contributed by atoms with Crippen molar-refractivity contribution >= 4 is 38.1 Å². The first kappa shape index (κ1) is 21.6. The van der Waals surface area contributed by atoms with Gasteiger partial charge in [-0.25, -0.2) is 8.42 Å². The first-order chi connectivity index (χ1) is 15.4. The standard InChI is InChI=1S/C26H24N2O3S/c1-19(2)28(22-13-7-4-8-14-22)32(30,31)23-17-16-20-12-9-15-25(24(20)18-23)27-26(29)21-10-5-3-6-11-21/h3-19H,1-2H3,(H,27,29). The van der Waals surface area contributed by atoms with E-state index in [9.17, 15) is 13.2 Å². The fourth-order valence-corrected chi connectivity index (χ4v) is 5.40. The van der Waals surface area contributed by atoms with Gasteiger partial charge in [0.05, 0.1) is 10.6 Å². The van der Waals surface area contributed by atoms with E-state index in [4.69, 9.17) is 0 Å². The number of benzene rings is 4. The number of rotatable bonds is 6. The third-order valence-electron chi connectivity index (χ3n) is 5.17. The maximum Gasteiger partial charge on any atom is 0.264 e. The Morgan fingerprint density at radius 2 is 1.47 bits per heavy atom. The number of amides is 1. The second-order valence-electron chi connectivity index (χ2n) is 7.74. The van der Waals surface area contributed by atoms with E-state index >= 15 is 0 Å². The maximum atomic E-state index is 13.6. The number of fused-ring (bicyclic) bond motifs is 1. The van der Waals surface area contributed by atoms with E-state index in [2.05, 4.69) is 5.32 Å². The lowest BCUT2D eigenvalue weighted by Gasteiger charge is -2.28. The van der Waals surface area contributed by atoms with Crippen molar-refractivity contribution in [1.29, 1.82) is 0 Å². The van der Waals surface area contributed by atoms with Crippen molar-refractivity contribution in [1.82, 2.24) is 0 Å². The summed E-state index contributed by atoms with van der Waals surface area (Å²) in [6.45, 7) is 3.69. The Labute approximate surface area is 188 Å². The molecule has 0 aliphatic carbocycles. The van der Waals surface area contributed by atoms with Gasteiger partial charge in [0.1, 0.15) is 0 Å². The summed E-state index contributed by atoms with van der Waals surface area (Å²) in [5.41, 5.74) is 1.70. The normalized spacial score (nSPS) is 11.5. The van der Waals surface area contributed by atoms with Crippen LogP contribution >= 0.6 is 0 Å². The van der Waals surface area contributed by atoms with Crippen LogP contribution in [0.1, 0.15) is 24.2 Å². The minimum Gasteiger partial charge on any atom is -0.321 e. The van der Waals surface area contributed by atoms with Crippen molar-refractivity contribution in [2.24, 2.45) is 0 Å². The first-order valence-corrected chi connectivity index (χ1v) is 11.8. The molecule has 162 valence electrons. The molecule has 0 bridgehead atoms. The van der Waals surface area contributed by atoms with E-state index in [0.29, 0.717) is 22.3 Å². The van der Waals surface area contributed by atoms with Crippen molar-refractivity contribution < 1.29 is 13.2 Å². The van der Waals surface area contributed by atoms with E-state index in [1.807, 2.05) is 50.2 Å². The topological polar surface area (TPSA) is 66.5 Å². The molecule has 0 aliphatic rings. The van der Waals surface area contributed by atoms with Gasteiger partial charge in [0.25, 0.3) is 15.9 Å². The highest BCUT2D eigenvalue weighted by Crippen LogP contribution is 2.31. The van der Waals surface area contributed by atoms with Crippen molar-refractivity contribution in [3.8, 4) is 0 Å². The molecule has 0 aliphatic heterocycles. The van der Waals surface area contributed by atoms with Crippen LogP contribution in [0.25, 0.3) is 10.8 Å². The summed E-state index contributed by atoms with van der Waals surface area (Å²) >= 11 is 0. The molecular weight excluding hydrogens is 420 g/mol. The summed E-state index contributed by atoms with van der Waals surface area (Å²) in [6, 6.07) is 28.2. The van der Waals surface area contributed by atoms with Crippen LogP contribution in [0.15, 0.2) is 102 Å². The number of nitrogens with one attached hydrogen (secondary N) is 1. The zero-order valence-corrected chi connectivity index (χ0v) is 18.7. The molecule has 5 nitrogen and oxygen atoms in total. The molecule has 0 saturated heterocycles. The molecule has 4 aromatic rings. The van der Waals surface area contributed by atoms with Gasteiger partial charge >= 0.3 is 0 Å². The molecule has 0 unspecified atom stereocenters. The van der Waals surface area contributed by atoms with Gasteiger partial charge in [-0.05, 0) is 61.7 Å². The summed E-state index contributed by atoms with van der Waals surface area (Å²) in [7, 11) is -3.82. The van der Waals surface area contributed by atoms with E-state index in [1.165, 1.54) is 4.31 Å². The predicted molar refractivity (Wildman–Crippen MR) is 130 cm³/mol. The predicted octanol–water partition coefficient (Wildman–Crippen LogP) is 5.70. The zero-order chi connectivity index (χ0) is 22.7. The van der Waals surface area contributed by atoms with Crippen LogP contribution in [-0.2, 0) is 10.0 Å². The average molecular weight is 445 g/mol. The molecule has 0 saturated carbocycles. The lowest BCUT2D eigenvalue weighted by molar-refractivity contribution is 0.102. The Bertz CT molecular complexity index is 1350. The number of nitrogens with zero attached hydrogens (tertiary/aromatic N) is 1. The summed E-state index contributed by atoms with van der Waals surface area (Å²) in [4.78, 5) is 12.9. The van der Waals surface area contributed by atoms with Crippen LogP contribution in [-0.4, -0.2) is 20.4 Å². The molecule has 6 heteroatoms. The Balaban J connectivity index is 1.77. The molecule has 4 rings (SSSR count). The third kappa shape index (κ3) is 4.22. The molecule has 1 amide bonds. The molecule has 0 radical (unpaired) electrons. The molecule has 0 spiro atoms. The Kier molecular flexibility index (Phi) is 5.97. The van der Waals surface area contributed by atoms with Crippen LogP contribution < -0.4 is 9.62 Å². The summed E-state index contributed by atoms with van der Waals surface area (Å²) in [5.74, 6) is -0.251. The maximum absolute atomic E-state index is 13.6. The van der Waals surface area contributed by atoms with Crippen LogP contribution in [0, 0.1) is 0 Å². The highest BCUT2D eigenvalue weighted by molar-refractivity contribution is 7.92. The van der Waals surface area contributed by atoms with E-state index < -0.39 is 10.0 Å². The highest BCUT2D eigenvalue weighted by Gasteiger charge is 2.27. The first-order valence-electron chi connectivity index (χ1n) is 10.4. The van der Waals surface area contributed by atoms with Crippen LogP contribution in [0.4, 0.5) is 11.4 Å². The zero-order valence-electron chi connectivity index (χ0n) is 17.9. The number of hydrogen-bond donors (Lipinski definition) is 1. The number of carbonyl (C=O) groups excluding carboxylic acids is 1. The van der Waals surface area contributed by atoms with Crippen molar-refractivity contribution in [2.75, 3.05) is 9.62 Å². The summed E-state index contributed by atoms with van der Waals surface area (Å²) in [6.07, 6.45) is 0. The van der Waals surface area contributed by atoms with E-state index in [-0.39, 0.29) is 16.8 Å². The Morgan fingerprint density at radius 3 is 2.12 bits per heavy atom. The van der Waals surface area contributed by atoms with Gasteiger partial charge in [-0.15, -0.1) is 0 Å². The largest absolute Gasteiger partial charge is 0.321 e. The van der Waals surface area contributed by atoms with Gasteiger partial charge in [0, 0.05) is 22.7 Å². The van der Waals surface area contributed by atoms with Crippen molar-refractivity contribution in [3.63, 3.8) is 0 Å². The number of hydrogen-bond acceptors (Lipinski definition) is 3. The van der Waals surface area contributed by atoms with E-state index in [1.54, 1.807) is 60.7 Å². The molecule has 4 aromatic carbocycles. The number of sulfonamides is 1.